The van der Waals surface area contributed by atoms with Gasteiger partial charge in [0.25, 0.3) is 0 Å². The van der Waals surface area contributed by atoms with Crippen LogP contribution in [0.4, 0.5) is 5.82 Å². The van der Waals surface area contributed by atoms with Crippen molar-refractivity contribution in [1.29, 1.82) is 0 Å². The van der Waals surface area contributed by atoms with Crippen LogP contribution in [-0.2, 0) is 0 Å². The zero-order chi connectivity index (χ0) is 20.0. The van der Waals surface area contributed by atoms with Crippen molar-refractivity contribution >= 4 is 28.2 Å². The molecule has 5 aromatic rings. The summed E-state index contributed by atoms with van der Waals surface area (Å²) in [6.45, 7) is 1.49. The number of pyridine rings is 2. The van der Waals surface area contributed by atoms with Gasteiger partial charge in [0, 0.05) is 48.2 Å². The Morgan fingerprint density at radius 2 is 1.86 bits per heavy atom. The van der Waals surface area contributed by atoms with Gasteiger partial charge < -0.3 is 5.73 Å². The minimum atomic E-state index is -0.0867. The summed E-state index contributed by atoms with van der Waals surface area (Å²) in [5, 5.41) is 1.02. The SMILES string of the molecule is CC(=O)c1ccc(-c2nc(N)c3nccn3c2-c2ccc3ncccc3c2)cn1. The van der Waals surface area contributed by atoms with Gasteiger partial charge in [-0.05, 0) is 30.3 Å². The van der Waals surface area contributed by atoms with Crippen molar-refractivity contribution < 1.29 is 4.79 Å². The Hall–Kier alpha value is -4.13. The molecule has 5 rings (SSSR count). The van der Waals surface area contributed by atoms with Crippen molar-refractivity contribution in [2.45, 2.75) is 6.92 Å². The van der Waals surface area contributed by atoms with Gasteiger partial charge in [-0.3, -0.25) is 19.2 Å². The number of ketones is 1. The number of benzene rings is 1. The third kappa shape index (κ3) is 2.80. The molecule has 0 saturated carbocycles. The van der Waals surface area contributed by atoms with Gasteiger partial charge in [-0.15, -0.1) is 0 Å². The van der Waals surface area contributed by atoms with Crippen molar-refractivity contribution in [3.63, 3.8) is 0 Å². The summed E-state index contributed by atoms with van der Waals surface area (Å²) in [6.07, 6.45) is 6.97. The summed E-state index contributed by atoms with van der Waals surface area (Å²) in [4.78, 5) is 29.2. The normalized spacial score (nSPS) is 11.2. The second kappa shape index (κ2) is 6.49. The third-order valence-electron chi connectivity index (χ3n) is 4.84. The number of hydrogen-bond donors (Lipinski definition) is 1. The van der Waals surface area contributed by atoms with E-state index in [-0.39, 0.29) is 5.78 Å². The van der Waals surface area contributed by atoms with Crippen LogP contribution in [0.2, 0.25) is 0 Å². The lowest BCUT2D eigenvalue weighted by Gasteiger charge is -2.14. The maximum absolute atomic E-state index is 11.6. The number of carbonyl (C=O) groups is 1. The minimum absolute atomic E-state index is 0.0867. The quantitative estimate of drug-likeness (QED) is 0.478. The van der Waals surface area contributed by atoms with Crippen LogP contribution in [0.1, 0.15) is 17.4 Å². The molecule has 0 fully saturated rings. The fourth-order valence-electron chi connectivity index (χ4n) is 3.45. The van der Waals surface area contributed by atoms with Crippen molar-refractivity contribution in [1.82, 2.24) is 24.3 Å². The molecule has 1 aromatic carbocycles. The Kier molecular flexibility index (Phi) is 3.80. The van der Waals surface area contributed by atoms with Gasteiger partial charge in [0.1, 0.15) is 5.69 Å². The average Bonchev–Trinajstić information content (AvgIpc) is 3.24. The van der Waals surface area contributed by atoms with Crippen molar-refractivity contribution in [3.05, 3.63) is 72.9 Å². The largest absolute Gasteiger partial charge is 0.381 e. The zero-order valence-corrected chi connectivity index (χ0v) is 15.6. The van der Waals surface area contributed by atoms with E-state index < -0.39 is 0 Å². The van der Waals surface area contributed by atoms with E-state index in [1.165, 1.54) is 6.92 Å². The predicted octanol–water partition coefficient (Wildman–Crippen LogP) is 3.79. The Morgan fingerprint density at radius 1 is 1.00 bits per heavy atom. The van der Waals surface area contributed by atoms with Crippen LogP contribution >= 0.6 is 0 Å². The summed E-state index contributed by atoms with van der Waals surface area (Å²) in [6, 6.07) is 13.5. The summed E-state index contributed by atoms with van der Waals surface area (Å²) < 4.78 is 1.92. The molecule has 7 nitrogen and oxygen atoms in total. The Balaban J connectivity index is 1.80. The molecule has 0 aliphatic heterocycles. The first-order chi connectivity index (χ1) is 14.1. The van der Waals surface area contributed by atoms with E-state index in [2.05, 4.69) is 26.0 Å². The minimum Gasteiger partial charge on any atom is -0.381 e. The van der Waals surface area contributed by atoms with E-state index in [1.54, 1.807) is 24.7 Å². The smallest absolute Gasteiger partial charge is 0.180 e. The number of fused-ring (bicyclic) bond motifs is 2. The van der Waals surface area contributed by atoms with Crippen LogP contribution in [0.5, 0.6) is 0 Å². The molecule has 29 heavy (non-hydrogen) atoms. The Labute approximate surface area is 165 Å². The maximum atomic E-state index is 11.6. The molecule has 7 heteroatoms. The molecule has 0 bridgehead atoms. The van der Waals surface area contributed by atoms with E-state index in [9.17, 15) is 4.79 Å². The lowest BCUT2D eigenvalue weighted by molar-refractivity contribution is 0.101. The monoisotopic (exact) mass is 380 g/mol. The first-order valence-electron chi connectivity index (χ1n) is 9.07. The predicted molar refractivity (Wildman–Crippen MR) is 111 cm³/mol. The fourth-order valence-corrected chi connectivity index (χ4v) is 3.45. The number of nitrogens with zero attached hydrogens (tertiary/aromatic N) is 5. The number of anilines is 1. The number of nitrogens with two attached hydrogens (primary N) is 1. The van der Waals surface area contributed by atoms with Crippen LogP contribution in [-0.4, -0.2) is 30.1 Å². The third-order valence-corrected chi connectivity index (χ3v) is 4.84. The van der Waals surface area contributed by atoms with Gasteiger partial charge in [-0.2, -0.15) is 0 Å². The fraction of sp³-hybridized carbons (Fsp3) is 0.0455. The molecule has 0 atom stereocenters. The van der Waals surface area contributed by atoms with E-state index in [0.717, 1.165) is 27.7 Å². The van der Waals surface area contributed by atoms with Crippen molar-refractivity contribution in [3.8, 4) is 22.5 Å². The summed E-state index contributed by atoms with van der Waals surface area (Å²) >= 11 is 0. The number of carbonyl (C=O) groups excluding carboxylic acids is 1. The molecule has 0 aliphatic carbocycles. The lowest BCUT2D eigenvalue weighted by Crippen LogP contribution is -2.04. The first-order valence-corrected chi connectivity index (χ1v) is 9.07. The van der Waals surface area contributed by atoms with Crippen molar-refractivity contribution in [2.24, 2.45) is 0 Å². The zero-order valence-electron chi connectivity index (χ0n) is 15.6. The highest BCUT2D eigenvalue weighted by atomic mass is 16.1. The molecule has 0 saturated heterocycles. The van der Waals surface area contributed by atoms with Gasteiger partial charge in [0.2, 0.25) is 0 Å². The highest BCUT2D eigenvalue weighted by Gasteiger charge is 2.18. The van der Waals surface area contributed by atoms with Gasteiger partial charge >= 0.3 is 0 Å². The summed E-state index contributed by atoms with van der Waals surface area (Å²) in [5.74, 6) is 0.239. The highest BCUT2D eigenvalue weighted by molar-refractivity contribution is 5.93. The first kappa shape index (κ1) is 17.0. The van der Waals surface area contributed by atoms with Crippen molar-refractivity contribution in [2.75, 3.05) is 5.73 Å². The van der Waals surface area contributed by atoms with E-state index >= 15 is 0 Å². The molecule has 0 spiro atoms. The molecular weight excluding hydrogens is 364 g/mol. The molecule has 0 aliphatic rings. The number of aromatic nitrogens is 5. The van der Waals surface area contributed by atoms with Crippen LogP contribution in [0.15, 0.2) is 67.3 Å². The molecule has 140 valence electrons. The van der Waals surface area contributed by atoms with Crippen LogP contribution in [0.25, 0.3) is 39.1 Å². The van der Waals surface area contributed by atoms with E-state index in [0.29, 0.717) is 22.9 Å². The molecule has 2 N–H and O–H groups in total. The highest BCUT2D eigenvalue weighted by Crippen LogP contribution is 2.34. The second-order valence-electron chi connectivity index (χ2n) is 6.71. The number of nitrogen functional groups attached to an aromatic ring is 1. The van der Waals surface area contributed by atoms with Crippen LogP contribution in [0, 0.1) is 0 Å². The topological polar surface area (TPSA) is 99.1 Å². The molecule has 0 unspecified atom stereocenters. The summed E-state index contributed by atoms with van der Waals surface area (Å²) in [7, 11) is 0. The van der Waals surface area contributed by atoms with E-state index in [4.69, 9.17) is 5.73 Å². The Bertz CT molecular complexity index is 1390. The standard InChI is InChI=1S/C22H16N6O/c1-13(29)17-6-5-16(12-26-17)19-20(28-10-9-25-22(28)21(23)27-19)15-4-7-18-14(11-15)3-2-8-24-18/h2-12H,1H3,(H2,23,27). The number of imidazole rings is 1. The summed E-state index contributed by atoms with van der Waals surface area (Å²) in [5.41, 5.74) is 11.3. The van der Waals surface area contributed by atoms with Gasteiger partial charge in [0.15, 0.2) is 17.2 Å². The van der Waals surface area contributed by atoms with Crippen LogP contribution < -0.4 is 5.73 Å². The van der Waals surface area contributed by atoms with Gasteiger partial charge in [0.05, 0.1) is 16.9 Å². The maximum Gasteiger partial charge on any atom is 0.180 e. The number of rotatable bonds is 3. The second-order valence-corrected chi connectivity index (χ2v) is 6.71. The van der Waals surface area contributed by atoms with Gasteiger partial charge in [-0.1, -0.05) is 12.1 Å². The van der Waals surface area contributed by atoms with Gasteiger partial charge in [-0.25, -0.2) is 9.97 Å². The molecule has 0 amide bonds. The van der Waals surface area contributed by atoms with E-state index in [1.807, 2.05) is 40.9 Å². The molecule has 4 aromatic heterocycles. The molecular formula is C22H16N6O. The number of hydrogen-bond acceptors (Lipinski definition) is 6. The van der Waals surface area contributed by atoms with Crippen LogP contribution in [0.3, 0.4) is 0 Å². The number of Topliss-reactive ketones (excluding diaryl/α,β-unsaturated/α-hetero) is 1. The molecule has 0 radical (unpaired) electrons. The lowest BCUT2D eigenvalue weighted by atomic mass is 10.0. The average molecular weight is 380 g/mol. The molecule has 4 heterocycles. The Morgan fingerprint density at radius 3 is 2.66 bits per heavy atom.